The minimum atomic E-state index is 0.468. The van der Waals surface area contributed by atoms with E-state index in [1.807, 2.05) is 10.9 Å². The predicted molar refractivity (Wildman–Crippen MR) is 67.4 cm³/mol. The summed E-state index contributed by atoms with van der Waals surface area (Å²) in [6.45, 7) is 2.32. The van der Waals surface area contributed by atoms with Crippen LogP contribution in [0, 0.1) is 0 Å². The van der Waals surface area contributed by atoms with E-state index in [4.69, 9.17) is 5.73 Å². The van der Waals surface area contributed by atoms with Gasteiger partial charge in [0.1, 0.15) is 0 Å². The first-order valence-corrected chi connectivity index (χ1v) is 6.71. The smallest absolute Gasteiger partial charge is 0.0962 e. The SMILES string of the molecule is NCc1cn(CCNC2CCCCCC2)nn1. The average Bonchev–Trinajstić information content (AvgIpc) is 2.65. The zero-order valence-electron chi connectivity index (χ0n) is 10.4. The Bertz CT molecular complexity index is 314. The van der Waals surface area contributed by atoms with Crippen LogP contribution in [0.4, 0.5) is 0 Å². The molecule has 1 aliphatic carbocycles. The molecule has 1 aromatic rings. The molecule has 0 radical (unpaired) electrons. The van der Waals surface area contributed by atoms with Crippen LogP contribution in [0.25, 0.3) is 0 Å². The topological polar surface area (TPSA) is 68.8 Å². The summed E-state index contributed by atoms with van der Waals surface area (Å²) in [6, 6.07) is 0.704. The van der Waals surface area contributed by atoms with Crippen molar-refractivity contribution in [1.29, 1.82) is 0 Å². The molecule has 2 rings (SSSR count). The minimum Gasteiger partial charge on any atom is -0.325 e. The Hall–Kier alpha value is -0.940. The van der Waals surface area contributed by atoms with Gasteiger partial charge in [0.25, 0.3) is 0 Å². The van der Waals surface area contributed by atoms with E-state index in [0.29, 0.717) is 12.6 Å². The second kappa shape index (κ2) is 6.71. The summed E-state index contributed by atoms with van der Waals surface area (Å²) in [5.74, 6) is 0. The van der Waals surface area contributed by atoms with Crippen molar-refractivity contribution in [3.05, 3.63) is 11.9 Å². The van der Waals surface area contributed by atoms with Gasteiger partial charge >= 0.3 is 0 Å². The van der Waals surface area contributed by atoms with Crippen molar-refractivity contribution in [2.75, 3.05) is 6.54 Å². The van der Waals surface area contributed by atoms with Crippen LogP contribution < -0.4 is 11.1 Å². The van der Waals surface area contributed by atoms with Gasteiger partial charge in [-0.3, -0.25) is 4.68 Å². The van der Waals surface area contributed by atoms with Gasteiger partial charge in [-0.15, -0.1) is 5.10 Å². The molecule has 0 unspecified atom stereocenters. The Morgan fingerprint density at radius 2 is 2.06 bits per heavy atom. The molecule has 5 nitrogen and oxygen atoms in total. The molecule has 0 aromatic carbocycles. The number of nitrogens with zero attached hydrogens (tertiary/aromatic N) is 3. The van der Waals surface area contributed by atoms with Crippen molar-refractivity contribution in [3.8, 4) is 0 Å². The van der Waals surface area contributed by atoms with Gasteiger partial charge < -0.3 is 11.1 Å². The van der Waals surface area contributed by atoms with Crippen LogP contribution in [0.2, 0.25) is 0 Å². The lowest BCUT2D eigenvalue weighted by Gasteiger charge is -2.15. The Kier molecular flexibility index (Phi) is 4.94. The van der Waals surface area contributed by atoms with Gasteiger partial charge in [0, 0.05) is 25.3 Å². The van der Waals surface area contributed by atoms with Crippen LogP contribution in [0.1, 0.15) is 44.2 Å². The van der Waals surface area contributed by atoms with Crippen molar-refractivity contribution in [2.24, 2.45) is 5.73 Å². The Morgan fingerprint density at radius 3 is 2.71 bits per heavy atom. The molecule has 5 heteroatoms. The predicted octanol–water partition coefficient (Wildman–Crippen LogP) is 1.05. The summed E-state index contributed by atoms with van der Waals surface area (Å²) in [5, 5.41) is 11.6. The third-order valence-corrected chi connectivity index (χ3v) is 3.42. The molecule has 1 aromatic heterocycles. The number of aromatic nitrogens is 3. The monoisotopic (exact) mass is 237 g/mol. The molecule has 96 valence electrons. The molecule has 0 spiro atoms. The summed E-state index contributed by atoms with van der Waals surface area (Å²) in [6.07, 6.45) is 10.1. The lowest BCUT2D eigenvalue weighted by Crippen LogP contribution is -2.31. The van der Waals surface area contributed by atoms with E-state index in [2.05, 4.69) is 15.6 Å². The highest BCUT2D eigenvalue weighted by Crippen LogP contribution is 2.16. The zero-order chi connectivity index (χ0) is 11.9. The van der Waals surface area contributed by atoms with Crippen molar-refractivity contribution in [2.45, 2.75) is 57.7 Å². The van der Waals surface area contributed by atoms with Crippen molar-refractivity contribution in [1.82, 2.24) is 20.3 Å². The Balaban J connectivity index is 1.67. The van der Waals surface area contributed by atoms with Gasteiger partial charge in [0.2, 0.25) is 0 Å². The highest BCUT2D eigenvalue weighted by molar-refractivity contribution is 4.90. The fourth-order valence-corrected chi connectivity index (χ4v) is 2.41. The summed E-state index contributed by atoms with van der Waals surface area (Å²) in [5.41, 5.74) is 6.36. The van der Waals surface area contributed by atoms with Crippen LogP contribution in [0.15, 0.2) is 6.20 Å². The Labute approximate surface area is 103 Å². The zero-order valence-corrected chi connectivity index (χ0v) is 10.4. The summed E-state index contributed by atoms with van der Waals surface area (Å²) in [4.78, 5) is 0. The maximum Gasteiger partial charge on any atom is 0.0962 e. The van der Waals surface area contributed by atoms with E-state index < -0.39 is 0 Å². The number of rotatable bonds is 5. The lowest BCUT2D eigenvalue weighted by atomic mass is 10.1. The van der Waals surface area contributed by atoms with Crippen LogP contribution in [0.5, 0.6) is 0 Å². The molecule has 1 fully saturated rings. The fraction of sp³-hybridized carbons (Fsp3) is 0.833. The lowest BCUT2D eigenvalue weighted by molar-refractivity contribution is 0.433. The molecule has 0 saturated heterocycles. The minimum absolute atomic E-state index is 0.468. The van der Waals surface area contributed by atoms with Crippen LogP contribution >= 0.6 is 0 Å². The van der Waals surface area contributed by atoms with Crippen molar-refractivity contribution >= 4 is 0 Å². The maximum atomic E-state index is 5.49. The summed E-state index contributed by atoms with van der Waals surface area (Å²) < 4.78 is 1.87. The van der Waals surface area contributed by atoms with Gasteiger partial charge in [0.05, 0.1) is 12.2 Å². The maximum absolute atomic E-state index is 5.49. The summed E-state index contributed by atoms with van der Waals surface area (Å²) in [7, 11) is 0. The van der Waals surface area contributed by atoms with E-state index in [9.17, 15) is 0 Å². The third kappa shape index (κ3) is 4.09. The first kappa shape index (κ1) is 12.5. The number of hydrogen-bond acceptors (Lipinski definition) is 4. The molecule has 0 amide bonds. The van der Waals surface area contributed by atoms with E-state index in [1.54, 1.807) is 0 Å². The van der Waals surface area contributed by atoms with Crippen LogP contribution in [-0.2, 0) is 13.1 Å². The first-order valence-electron chi connectivity index (χ1n) is 6.71. The van der Waals surface area contributed by atoms with E-state index >= 15 is 0 Å². The van der Waals surface area contributed by atoms with Gasteiger partial charge in [-0.05, 0) is 12.8 Å². The molecular formula is C12H23N5. The van der Waals surface area contributed by atoms with Crippen LogP contribution in [0.3, 0.4) is 0 Å². The molecule has 17 heavy (non-hydrogen) atoms. The highest BCUT2D eigenvalue weighted by atomic mass is 15.4. The molecule has 1 heterocycles. The normalized spacial score (nSPS) is 18.2. The van der Waals surface area contributed by atoms with E-state index in [0.717, 1.165) is 18.8 Å². The van der Waals surface area contributed by atoms with Gasteiger partial charge in [-0.2, -0.15) is 0 Å². The van der Waals surface area contributed by atoms with Crippen molar-refractivity contribution in [3.63, 3.8) is 0 Å². The summed E-state index contributed by atoms with van der Waals surface area (Å²) >= 11 is 0. The molecule has 0 atom stereocenters. The Morgan fingerprint density at radius 1 is 1.29 bits per heavy atom. The fourth-order valence-electron chi connectivity index (χ4n) is 2.41. The second-order valence-electron chi connectivity index (χ2n) is 4.82. The highest BCUT2D eigenvalue weighted by Gasteiger charge is 2.10. The van der Waals surface area contributed by atoms with Gasteiger partial charge in [-0.1, -0.05) is 30.9 Å². The number of hydrogen-bond donors (Lipinski definition) is 2. The number of nitrogens with one attached hydrogen (secondary N) is 1. The van der Waals surface area contributed by atoms with E-state index in [1.165, 1.54) is 38.5 Å². The van der Waals surface area contributed by atoms with Gasteiger partial charge in [-0.25, -0.2) is 0 Å². The quantitative estimate of drug-likeness (QED) is 0.751. The average molecular weight is 237 g/mol. The molecular weight excluding hydrogens is 214 g/mol. The number of nitrogens with two attached hydrogens (primary N) is 1. The first-order chi connectivity index (χ1) is 8.38. The van der Waals surface area contributed by atoms with Gasteiger partial charge in [0.15, 0.2) is 0 Å². The largest absolute Gasteiger partial charge is 0.325 e. The molecule has 3 N–H and O–H groups in total. The van der Waals surface area contributed by atoms with Crippen LogP contribution in [-0.4, -0.2) is 27.6 Å². The van der Waals surface area contributed by atoms with Crippen molar-refractivity contribution < 1.29 is 0 Å². The molecule has 1 saturated carbocycles. The molecule has 0 bridgehead atoms. The van der Waals surface area contributed by atoms with E-state index in [-0.39, 0.29) is 0 Å². The molecule has 0 aliphatic heterocycles. The molecule has 1 aliphatic rings. The standard InChI is InChI=1S/C12H23N5/c13-9-12-10-17(16-15-12)8-7-14-11-5-3-1-2-4-6-11/h10-11,14H,1-9,13H2. The third-order valence-electron chi connectivity index (χ3n) is 3.42. The second-order valence-corrected chi connectivity index (χ2v) is 4.82.